The quantitative estimate of drug-likeness (QED) is 0.586. The molecule has 0 saturated carbocycles. The number of ether oxygens (including phenoxy) is 1. The zero-order valence-corrected chi connectivity index (χ0v) is 18.1. The molecule has 1 aliphatic rings. The lowest BCUT2D eigenvalue weighted by molar-refractivity contribution is -0.128. The minimum atomic E-state index is -0.269. The molecule has 1 heterocycles. The van der Waals surface area contributed by atoms with Crippen molar-refractivity contribution in [3.63, 3.8) is 0 Å². The Labute approximate surface area is 187 Å². The van der Waals surface area contributed by atoms with E-state index in [4.69, 9.17) is 16.3 Å². The Kier molecular flexibility index (Phi) is 6.44. The molecule has 1 atom stereocenters. The van der Waals surface area contributed by atoms with Crippen molar-refractivity contribution in [2.75, 3.05) is 20.2 Å². The summed E-state index contributed by atoms with van der Waals surface area (Å²) >= 11 is 6.03. The van der Waals surface area contributed by atoms with Gasteiger partial charge in [0.2, 0.25) is 5.91 Å². The van der Waals surface area contributed by atoms with Gasteiger partial charge in [-0.15, -0.1) is 0 Å². The SMILES string of the molecule is COc1ccc(CCN2C(=O)CN(Cc3ccccc3)C2c2ccc(Cl)c(O)c2)cc1. The van der Waals surface area contributed by atoms with Crippen LogP contribution in [0, 0.1) is 0 Å². The maximum Gasteiger partial charge on any atom is 0.238 e. The number of nitrogens with zero attached hydrogens (tertiary/aromatic N) is 2. The molecule has 1 saturated heterocycles. The monoisotopic (exact) mass is 436 g/mol. The summed E-state index contributed by atoms with van der Waals surface area (Å²) in [5.41, 5.74) is 3.11. The van der Waals surface area contributed by atoms with Gasteiger partial charge in [-0.2, -0.15) is 0 Å². The van der Waals surface area contributed by atoms with Crippen LogP contribution in [0.15, 0.2) is 72.8 Å². The highest BCUT2D eigenvalue weighted by molar-refractivity contribution is 6.32. The first-order valence-corrected chi connectivity index (χ1v) is 10.6. The maximum atomic E-state index is 13.0. The van der Waals surface area contributed by atoms with E-state index in [0.717, 1.165) is 28.9 Å². The molecule has 0 bridgehead atoms. The highest BCUT2D eigenvalue weighted by Crippen LogP contribution is 2.35. The normalized spacial score (nSPS) is 16.6. The first-order chi connectivity index (χ1) is 15.0. The molecule has 1 fully saturated rings. The van der Waals surface area contributed by atoms with Crippen molar-refractivity contribution >= 4 is 17.5 Å². The fourth-order valence-electron chi connectivity index (χ4n) is 4.01. The van der Waals surface area contributed by atoms with Gasteiger partial charge in [0.25, 0.3) is 0 Å². The molecule has 4 rings (SSSR count). The van der Waals surface area contributed by atoms with Crippen LogP contribution in [0.3, 0.4) is 0 Å². The van der Waals surface area contributed by atoms with Crippen molar-refractivity contribution in [1.82, 2.24) is 9.80 Å². The Morgan fingerprint density at radius 2 is 1.77 bits per heavy atom. The van der Waals surface area contributed by atoms with Crippen LogP contribution in [-0.2, 0) is 17.8 Å². The first kappa shape index (κ1) is 21.2. The molecule has 1 amide bonds. The largest absolute Gasteiger partial charge is 0.506 e. The summed E-state index contributed by atoms with van der Waals surface area (Å²) in [6.45, 7) is 1.54. The van der Waals surface area contributed by atoms with Crippen molar-refractivity contribution in [3.8, 4) is 11.5 Å². The molecule has 5 nitrogen and oxygen atoms in total. The molecule has 0 aliphatic carbocycles. The molecule has 6 heteroatoms. The van der Waals surface area contributed by atoms with Gasteiger partial charge in [0, 0.05) is 13.1 Å². The number of aromatic hydroxyl groups is 1. The zero-order chi connectivity index (χ0) is 21.8. The van der Waals surface area contributed by atoms with Crippen LogP contribution in [0.25, 0.3) is 0 Å². The van der Waals surface area contributed by atoms with E-state index in [-0.39, 0.29) is 17.8 Å². The smallest absolute Gasteiger partial charge is 0.238 e. The summed E-state index contributed by atoms with van der Waals surface area (Å²) in [7, 11) is 1.64. The molecule has 31 heavy (non-hydrogen) atoms. The van der Waals surface area contributed by atoms with E-state index in [0.29, 0.717) is 24.7 Å². The van der Waals surface area contributed by atoms with E-state index >= 15 is 0 Å². The second-order valence-corrected chi connectivity index (χ2v) is 8.07. The van der Waals surface area contributed by atoms with E-state index in [1.165, 1.54) is 0 Å². The minimum Gasteiger partial charge on any atom is -0.506 e. The van der Waals surface area contributed by atoms with Gasteiger partial charge in [-0.25, -0.2) is 0 Å². The summed E-state index contributed by atoms with van der Waals surface area (Å²) < 4.78 is 5.22. The number of halogens is 1. The number of amides is 1. The van der Waals surface area contributed by atoms with E-state index < -0.39 is 0 Å². The van der Waals surface area contributed by atoms with Crippen molar-refractivity contribution < 1.29 is 14.6 Å². The number of carbonyl (C=O) groups excluding carboxylic acids is 1. The summed E-state index contributed by atoms with van der Waals surface area (Å²) in [4.78, 5) is 17.0. The fraction of sp³-hybridized carbons (Fsp3) is 0.240. The van der Waals surface area contributed by atoms with E-state index in [1.807, 2.05) is 53.4 Å². The number of phenols is 1. The number of phenolic OH excluding ortho intramolecular Hbond substituents is 1. The number of carbonyl (C=O) groups is 1. The lowest BCUT2D eigenvalue weighted by atomic mass is 10.1. The Bertz CT molecular complexity index is 1040. The molecule has 0 aromatic heterocycles. The van der Waals surface area contributed by atoms with E-state index in [1.54, 1.807) is 19.2 Å². The van der Waals surface area contributed by atoms with Crippen LogP contribution in [0.4, 0.5) is 0 Å². The van der Waals surface area contributed by atoms with Crippen LogP contribution < -0.4 is 4.74 Å². The topological polar surface area (TPSA) is 53.0 Å². The second kappa shape index (κ2) is 9.41. The average molecular weight is 437 g/mol. The standard InChI is InChI=1S/C25H25ClN2O3/c1-31-21-10-7-18(8-11-21)13-14-28-24(30)17-27(16-19-5-3-2-4-6-19)25(28)20-9-12-22(26)23(29)15-20/h2-12,15,25,29H,13-14,16-17H2,1H3. The van der Waals surface area contributed by atoms with Gasteiger partial charge < -0.3 is 14.7 Å². The van der Waals surface area contributed by atoms with Crippen molar-refractivity contribution in [2.24, 2.45) is 0 Å². The third kappa shape index (κ3) is 4.84. The van der Waals surface area contributed by atoms with Gasteiger partial charge in [-0.1, -0.05) is 60.1 Å². The lowest BCUT2D eigenvalue weighted by Crippen LogP contribution is -2.33. The first-order valence-electron chi connectivity index (χ1n) is 10.2. The minimum absolute atomic E-state index is 0.0216. The van der Waals surface area contributed by atoms with Crippen molar-refractivity contribution in [2.45, 2.75) is 19.1 Å². The predicted octanol–water partition coefficient (Wildman–Crippen LogP) is 4.64. The Morgan fingerprint density at radius 3 is 2.45 bits per heavy atom. The highest BCUT2D eigenvalue weighted by Gasteiger charge is 2.38. The van der Waals surface area contributed by atoms with Crippen LogP contribution in [0.1, 0.15) is 22.9 Å². The molecule has 3 aromatic carbocycles. The van der Waals surface area contributed by atoms with Crippen LogP contribution >= 0.6 is 11.6 Å². The maximum absolute atomic E-state index is 13.0. The number of rotatable bonds is 7. The molecule has 3 aromatic rings. The molecule has 0 spiro atoms. The van der Waals surface area contributed by atoms with Gasteiger partial charge in [0.1, 0.15) is 17.7 Å². The number of methoxy groups -OCH3 is 1. The van der Waals surface area contributed by atoms with Gasteiger partial charge in [-0.3, -0.25) is 9.69 Å². The predicted molar refractivity (Wildman–Crippen MR) is 121 cm³/mol. The van der Waals surface area contributed by atoms with E-state index in [2.05, 4.69) is 17.0 Å². The Balaban J connectivity index is 1.59. The van der Waals surface area contributed by atoms with Gasteiger partial charge in [0.05, 0.1) is 18.7 Å². The summed E-state index contributed by atoms with van der Waals surface area (Å²) in [6.07, 6.45) is 0.458. The number of hydrogen-bond acceptors (Lipinski definition) is 4. The highest BCUT2D eigenvalue weighted by atomic mass is 35.5. The Hall–Kier alpha value is -3.02. The van der Waals surface area contributed by atoms with Crippen molar-refractivity contribution in [1.29, 1.82) is 0 Å². The molecule has 1 aliphatic heterocycles. The number of benzene rings is 3. The summed E-state index contributed by atoms with van der Waals surface area (Å²) in [5.74, 6) is 0.904. The molecular weight excluding hydrogens is 412 g/mol. The third-order valence-corrected chi connectivity index (χ3v) is 5.92. The third-order valence-electron chi connectivity index (χ3n) is 5.60. The number of hydrogen-bond donors (Lipinski definition) is 1. The van der Waals surface area contributed by atoms with Gasteiger partial charge >= 0.3 is 0 Å². The van der Waals surface area contributed by atoms with Crippen molar-refractivity contribution in [3.05, 3.63) is 94.5 Å². The lowest BCUT2D eigenvalue weighted by Gasteiger charge is -2.31. The fourth-order valence-corrected chi connectivity index (χ4v) is 4.13. The molecule has 1 unspecified atom stereocenters. The van der Waals surface area contributed by atoms with Gasteiger partial charge in [0.15, 0.2) is 0 Å². The summed E-state index contributed by atoms with van der Waals surface area (Å²) in [6, 6.07) is 23.2. The zero-order valence-electron chi connectivity index (χ0n) is 17.4. The summed E-state index contributed by atoms with van der Waals surface area (Å²) in [5, 5.41) is 10.5. The molecular formula is C25H25ClN2O3. The van der Waals surface area contributed by atoms with Crippen LogP contribution in [-0.4, -0.2) is 41.0 Å². The average Bonchev–Trinajstić information content (AvgIpc) is 3.09. The van der Waals surface area contributed by atoms with Crippen LogP contribution in [0.2, 0.25) is 5.02 Å². The van der Waals surface area contributed by atoms with Gasteiger partial charge in [-0.05, 0) is 47.4 Å². The Morgan fingerprint density at radius 1 is 1.03 bits per heavy atom. The molecule has 0 radical (unpaired) electrons. The van der Waals surface area contributed by atoms with Crippen LogP contribution in [0.5, 0.6) is 11.5 Å². The van der Waals surface area contributed by atoms with E-state index in [9.17, 15) is 9.90 Å². The molecule has 160 valence electrons. The molecule has 1 N–H and O–H groups in total. The second-order valence-electron chi connectivity index (χ2n) is 7.66.